The molecule has 0 atom stereocenters. The maximum Gasteiger partial charge on any atom is 0.342 e. The summed E-state index contributed by atoms with van der Waals surface area (Å²) in [6.07, 6.45) is 2.08. The highest BCUT2D eigenvalue weighted by Crippen LogP contribution is 2.30. The number of aryl methyl sites for hydroxylation is 1. The smallest absolute Gasteiger partial charge is 0.342 e. The van der Waals surface area contributed by atoms with E-state index < -0.39 is 0 Å². The number of anilines is 2. The molecule has 2 aliphatic rings. The average Bonchev–Trinajstić information content (AvgIpc) is 3.43. The first-order valence-corrected chi connectivity index (χ1v) is 12.0. The first-order chi connectivity index (χ1) is 17.0. The molecule has 2 saturated heterocycles. The number of benzene rings is 2. The average molecular weight is 477 g/mol. The Kier molecular flexibility index (Phi) is 6.50. The lowest BCUT2D eigenvalue weighted by Gasteiger charge is -2.29. The van der Waals surface area contributed by atoms with E-state index >= 15 is 0 Å². The van der Waals surface area contributed by atoms with Gasteiger partial charge in [0.2, 0.25) is 0 Å². The largest absolute Gasteiger partial charge is 0.378 e. The van der Waals surface area contributed by atoms with Gasteiger partial charge >= 0.3 is 5.69 Å². The Balaban J connectivity index is 1.72. The zero-order chi connectivity index (χ0) is 24.4. The first-order valence-electron chi connectivity index (χ1n) is 12.0. The highest BCUT2D eigenvalue weighted by atomic mass is 16.8. The van der Waals surface area contributed by atoms with Crippen LogP contribution in [-0.2, 0) is 9.57 Å². The number of morpholine rings is 1. The molecule has 5 rings (SSSR count). The van der Waals surface area contributed by atoms with Gasteiger partial charge in [-0.3, -0.25) is 4.79 Å². The monoisotopic (exact) mass is 476 g/mol. The van der Waals surface area contributed by atoms with Crippen LogP contribution < -0.4 is 15.4 Å². The second-order valence-corrected chi connectivity index (χ2v) is 8.91. The van der Waals surface area contributed by atoms with Gasteiger partial charge in [-0.05, 0) is 44.0 Å². The van der Waals surface area contributed by atoms with Crippen LogP contribution in [0.3, 0.4) is 0 Å². The number of rotatable bonds is 6. The second-order valence-electron chi connectivity index (χ2n) is 8.91. The third-order valence-electron chi connectivity index (χ3n) is 6.58. The Morgan fingerprint density at radius 1 is 0.943 bits per heavy atom. The van der Waals surface area contributed by atoms with Crippen molar-refractivity contribution < 1.29 is 14.5 Å². The molecule has 2 fully saturated rings. The molecule has 35 heavy (non-hydrogen) atoms. The van der Waals surface area contributed by atoms with E-state index in [0.717, 1.165) is 55.8 Å². The van der Waals surface area contributed by atoms with E-state index in [0.29, 0.717) is 35.2 Å². The van der Waals surface area contributed by atoms with Crippen molar-refractivity contribution in [2.45, 2.75) is 19.8 Å². The molecule has 2 aromatic carbocycles. The van der Waals surface area contributed by atoms with Crippen LogP contribution in [0.25, 0.3) is 16.9 Å². The molecule has 182 valence electrons. The van der Waals surface area contributed by atoms with E-state index in [-0.39, 0.29) is 11.2 Å². The van der Waals surface area contributed by atoms with Crippen molar-refractivity contribution in [1.82, 2.24) is 9.78 Å². The van der Waals surface area contributed by atoms with E-state index in [9.17, 15) is 9.70 Å². The van der Waals surface area contributed by atoms with Crippen LogP contribution in [0.5, 0.6) is 0 Å². The summed E-state index contributed by atoms with van der Waals surface area (Å²) in [6, 6.07) is 15.3. The van der Waals surface area contributed by atoms with Crippen molar-refractivity contribution >= 4 is 17.1 Å². The summed E-state index contributed by atoms with van der Waals surface area (Å²) in [7, 11) is 1.31. The minimum atomic E-state index is -0.256. The third kappa shape index (κ3) is 4.64. The van der Waals surface area contributed by atoms with Gasteiger partial charge < -0.3 is 14.5 Å². The van der Waals surface area contributed by atoms with Crippen molar-refractivity contribution in [3.05, 3.63) is 69.4 Å². The summed E-state index contributed by atoms with van der Waals surface area (Å²) in [6.45, 7) is 6.38. The fourth-order valence-electron chi connectivity index (χ4n) is 4.73. The SMILES string of the molecule is CO[N+](=O)c1ccc(N2CCOCC2)cc1-n1nc(-c2cccc(C)c2)cc(N2CCCC2)c1=O. The fraction of sp³-hybridized carbons (Fsp3) is 0.385. The topological polar surface area (TPSA) is 79.9 Å². The normalized spacial score (nSPS) is 15.9. The van der Waals surface area contributed by atoms with Gasteiger partial charge in [0, 0.05) is 43.5 Å². The van der Waals surface area contributed by atoms with E-state index in [1.807, 2.05) is 49.4 Å². The lowest BCUT2D eigenvalue weighted by atomic mass is 10.1. The molecule has 0 unspecified atom stereocenters. The van der Waals surface area contributed by atoms with Crippen LogP contribution in [0.15, 0.2) is 53.3 Å². The fourth-order valence-corrected chi connectivity index (χ4v) is 4.73. The van der Waals surface area contributed by atoms with Crippen molar-refractivity contribution in [2.75, 3.05) is 56.3 Å². The number of hydrogen-bond acceptors (Lipinski definition) is 7. The van der Waals surface area contributed by atoms with E-state index in [1.165, 1.54) is 11.8 Å². The van der Waals surface area contributed by atoms with E-state index in [2.05, 4.69) is 9.80 Å². The van der Waals surface area contributed by atoms with Crippen LogP contribution >= 0.6 is 0 Å². The van der Waals surface area contributed by atoms with Crippen molar-refractivity contribution in [3.63, 3.8) is 0 Å². The van der Waals surface area contributed by atoms with Crippen LogP contribution in [0.4, 0.5) is 17.1 Å². The van der Waals surface area contributed by atoms with Crippen LogP contribution in [0.2, 0.25) is 0 Å². The molecule has 9 nitrogen and oxygen atoms in total. The zero-order valence-corrected chi connectivity index (χ0v) is 20.1. The zero-order valence-electron chi connectivity index (χ0n) is 20.1. The summed E-state index contributed by atoms with van der Waals surface area (Å²) in [5.41, 5.74) is 4.51. The summed E-state index contributed by atoms with van der Waals surface area (Å²) in [5, 5.41) is 4.76. The van der Waals surface area contributed by atoms with Gasteiger partial charge in [0.15, 0.2) is 12.8 Å². The highest BCUT2D eigenvalue weighted by Gasteiger charge is 2.28. The quantitative estimate of drug-likeness (QED) is 0.503. The molecule has 3 heterocycles. The first kappa shape index (κ1) is 23.0. The maximum absolute atomic E-state index is 13.8. The van der Waals surface area contributed by atoms with Gasteiger partial charge in [-0.25, -0.2) is 4.84 Å². The van der Waals surface area contributed by atoms with Gasteiger partial charge in [0.05, 0.1) is 23.8 Å². The standard InChI is InChI=1S/C26H30N5O4/c1-19-6-5-7-20(16-19)22-18-25(29-10-3-4-11-29)26(32)30(27-22)24-17-21(28-12-14-35-15-13-28)8-9-23(24)31(33)34-2/h5-9,16-18H,3-4,10-15H2,1-2H3/q+1. The third-order valence-corrected chi connectivity index (χ3v) is 6.58. The molecule has 3 aromatic rings. The summed E-state index contributed by atoms with van der Waals surface area (Å²) in [5.74, 6) is 0. The lowest BCUT2D eigenvalue weighted by Crippen LogP contribution is -2.36. The lowest BCUT2D eigenvalue weighted by molar-refractivity contribution is -0.736. The van der Waals surface area contributed by atoms with Crippen molar-refractivity contribution in [3.8, 4) is 16.9 Å². The molecule has 0 spiro atoms. The second kappa shape index (κ2) is 9.87. The van der Waals surface area contributed by atoms with Crippen molar-refractivity contribution in [2.24, 2.45) is 0 Å². The summed E-state index contributed by atoms with van der Waals surface area (Å²) >= 11 is 0. The molecule has 0 amide bonds. The number of aromatic nitrogens is 2. The molecule has 0 radical (unpaired) electrons. The number of ether oxygens (including phenoxy) is 1. The molecule has 0 aliphatic carbocycles. The highest BCUT2D eigenvalue weighted by molar-refractivity contribution is 5.67. The summed E-state index contributed by atoms with van der Waals surface area (Å²) < 4.78 is 6.84. The van der Waals surface area contributed by atoms with Crippen LogP contribution in [-0.4, -0.2) is 61.2 Å². The van der Waals surface area contributed by atoms with Gasteiger partial charge in [-0.15, -0.1) is 0 Å². The molecule has 0 N–H and O–H groups in total. The van der Waals surface area contributed by atoms with Crippen LogP contribution in [0.1, 0.15) is 18.4 Å². The predicted molar refractivity (Wildman–Crippen MR) is 135 cm³/mol. The molecule has 9 heteroatoms. The summed E-state index contributed by atoms with van der Waals surface area (Å²) in [4.78, 5) is 36.2. The minimum absolute atomic E-state index is 0.216. The maximum atomic E-state index is 13.8. The Morgan fingerprint density at radius 3 is 2.43 bits per heavy atom. The van der Waals surface area contributed by atoms with Gasteiger partial charge in [-0.1, -0.05) is 23.8 Å². The molecular weight excluding hydrogens is 446 g/mol. The van der Waals surface area contributed by atoms with Crippen molar-refractivity contribution in [1.29, 1.82) is 0 Å². The van der Waals surface area contributed by atoms with Crippen LogP contribution in [0, 0.1) is 11.8 Å². The van der Waals surface area contributed by atoms with Gasteiger partial charge in [0.25, 0.3) is 10.5 Å². The van der Waals surface area contributed by atoms with Gasteiger partial charge in [-0.2, -0.15) is 9.78 Å². The molecular formula is C26H30N5O4+. The molecule has 0 saturated carbocycles. The predicted octanol–water partition coefficient (Wildman–Crippen LogP) is 3.62. The Labute approximate surface area is 204 Å². The molecule has 0 bridgehead atoms. The van der Waals surface area contributed by atoms with Gasteiger partial charge in [0.1, 0.15) is 5.69 Å². The Hall–Kier alpha value is -3.72. The Morgan fingerprint density at radius 2 is 1.71 bits per heavy atom. The number of hydrogen-bond donors (Lipinski definition) is 0. The minimum Gasteiger partial charge on any atom is -0.378 e. The Bertz CT molecular complexity index is 1290. The van der Waals surface area contributed by atoms with E-state index in [1.54, 1.807) is 6.07 Å². The molecule has 2 aliphatic heterocycles. The van der Waals surface area contributed by atoms with E-state index in [4.69, 9.17) is 14.7 Å². The number of nitrogens with zero attached hydrogens (tertiary/aromatic N) is 5. The molecule has 1 aromatic heterocycles.